The lowest BCUT2D eigenvalue weighted by atomic mass is 9.93. The van der Waals surface area contributed by atoms with E-state index in [9.17, 15) is 0 Å². The number of ether oxygens (including phenoxy) is 1. The van der Waals surface area contributed by atoms with Gasteiger partial charge in [-0.15, -0.1) is 0 Å². The molecule has 0 amide bonds. The SMILES string of the molecule is CN1CCC(CCCOc2ccc(-c3nc4ccccc4[nH]3)cc2)CC1. The highest BCUT2D eigenvalue weighted by Crippen LogP contribution is 2.24. The van der Waals surface area contributed by atoms with E-state index in [1.54, 1.807) is 0 Å². The van der Waals surface area contributed by atoms with Crippen molar-refractivity contribution in [1.82, 2.24) is 14.9 Å². The van der Waals surface area contributed by atoms with E-state index in [2.05, 4.69) is 34.0 Å². The fourth-order valence-corrected chi connectivity index (χ4v) is 3.71. The Morgan fingerprint density at radius 3 is 2.62 bits per heavy atom. The van der Waals surface area contributed by atoms with E-state index in [0.29, 0.717) is 0 Å². The zero-order chi connectivity index (χ0) is 17.8. The minimum atomic E-state index is 0.802. The Balaban J connectivity index is 1.28. The third-order valence-electron chi connectivity index (χ3n) is 5.38. The number of aromatic amines is 1. The smallest absolute Gasteiger partial charge is 0.138 e. The molecule has 1 aromatic heterocycles. The molecule has 4 heteroatoms. The van der Waals surface area contributed by atoms with Crippen LogP contribution < -0.4 is 4.74 Å². The second-order valence-corrected chi connectivity index (χ2v) is 7.36. The average Bonchev–Trinajstić information content (AvgIpc) is 3.11. The number of hydrogen-bond donors (Lipinski definition) is 1. The Labute approximate surface area is 155 Å². The molecule has 2 aromatic carbocycles. The Morgan fingerprint density at radius 1 is 1.08 bits per heavy atom. The molecule has 0 radical (unpaired) electrons. The summed E-state index contributed by atoms with van der Waals surface area (Å²) in [5, 5.41) is 0. The predicted octanol–water partition coefficient (Wildman–Crippen LogP) is 4.73. The molecule has 1 N–H and O–H groups in total. The molecule has 3 aromatic rings. The van der Waals surface area contributed by atoms with Crippen LogP contribution in [0.3, 0.4) is 0 Å². The zero-order valence-corrected chi connectivity index (χ0v) is 15.4. The fourth-order valence-electron chi connectivity index (χ4n) is 3.71. The van der Waals surface area contributed by atoms with Crippen LogP contribution in [-0.2, 0) is 0 Å². The highest BCUT2D eigenvalue weighted by Gasteiger charge is 2.16. The first kappa shape index (κ1) is 17.1. The molecule has 0 bridgehead atoms. The summed E-state index contributed by atoms with van der Waals surface area (Å²) in [5.41, 5.74) is 3.15. The number of rotatable bonds is 6. The Hall–Kier alpha value is -2.33. The molecule has 26 heavy (non-hydrogen) atoms. The Kier molecular flexibility index (Phi) is 5.21. The summed E-state index contributed by atoms with van der Waals surface area (Å²) in [6.45, 7) is 3.29. The van der Waals surface area contributed by atoms with Gasteiger partial charge >= 0.3 is 0 Å². The second-order valence-electron chi connectivity index (χ2n) is 7.36. The van der Waals surface area contributed by atoms with E-state index in [-0.39, 0.29) is 0 Å². The van der Waals surface area contributed by atoms with Gasteiger partial charge in [-0.3, -0.25) is 0 Å². The number of para-hydroxylation sites is 2. The Morgan fingerprint density at radius 2 is 1.85 bits per heavy atom. The molecule has 0 atom stereocenters. The van der Waals surface area contributed by atoms with Crippen LogP contribution in [0.25, 0.3) is 22.4 Å². The predicted molar refractivity (Wildman–Crippen MR) is 106 cm³/mol. The van der Waals surface area contributed by atoms with Crippen LogP contribution in [0.2, 0.25) is 0 Å². The minimum absolute atomic E-state index is 0.802. The maximum absolute atomic E-state index is 5.93. The summed E-state index contributed by atoms with van der Waals surface area (Å²) in [5.74, 6) is 2.72. The van der Waals surface area contributed by atoms with Crippen molar-refractivity contribution in [2.75, 3.05) is 26.7 Å². The number of fused-ring (bicyclic) bond motifs is 1. The van der Waals surface area contributed by atoms with Gasteiger partial charge in [0.25, 0.3) is 0 Å². The molecule has 0 unspecified atom stereocenters. The number of piperidine rings is 1. The minimum Gasteiger partial charge on any atom is -0.494 e. The quantitative estimate of drug-likeness (QED) is 0.654. The number of hydrogen-bond acceptors (Lipinski definition) is 3. The molecule has 0 saturated carbocycles. The molecule has 1 aliphatic rings. The lowest BCUT2D eigenvalue weighted by molar-refractivity contribution is 0.200. The van der Waals surface area contributed by atoms with Crippen LogP contribution in [0.1, 0.15) is 25.7 Å². The number of nitrogens with zero attached hydrogens (tertiary/aromatic N) is 2. The third-order valence-corrected chi connectivity index (χ3v) is 5.38. The van der Waals surface area contributed by atoms with E-state index in [1.165, 1.54) is 32.4 Å². The number of aromatic nitrogens is 2. The van der Waals surface area contributed by atoms with Crippen molar-refractivity contribution in [2.24, 2.45) is 5.92 Å². The zero-order valence-electron chi connectivity index (χ0n) is 15.4. The summed E-state index contributed by atoms with van der Waals surface area (Å²) < 4.78 is 5.93. The summed E-state index contributed by atoms with van der Waals surface area (Å²) in [6.07, 6.45) is 5.09. The third kappa shape index (κ3) is 4.07. The topological polar surface area (TPSA) is 41.1 Å². The standard InChI is InChI=1S/C22H27N3O/c1-25-14-12-17(13-15-25)5-4-16-26-19-10-8-18(9-11-19)22-23-20-6-2-3-7-21(20)24-22/h2-3,6-11,17H,4-5,12-16H2,1H3,(H,23,24). The van der Waals surface area contributed by atoms with Gasteiger partial charge in [-0.1, -0.05) is 12.1 Å². The lowest BCUT2D eigenvalue weighted by Gasteiger charge is -2.28. The van der Waals surface area contributed by atoms with Crippen LogP contribution >= 0.6 is 0 Å². The van der Waals surface area contributed by atoms with Gasteiger partial charge in [0.15, 0.2) is 0 Å². The summed E-state index contributed by atoms with van der Waals surface area (Å²) in [6, 6.07) is 16.3. The number of imidazole rings is 1. The van der Waals surface area contributed by atoms with Crippen molar-refractivity contribution in [3.8, 4) is 17.1 Å². The van der Waals surface area contributed by atoms with Crippen molar-refractivity contribution in [3.05, 3.63) is 48.5 Å². The molecule has 1 saturated heterocycles. The summed E-state index contributed by atoms with van der Waals surface area (Å²) >= 11 is 0. The lowest BCUT2D eigenvalue weighted by Crippen LogP contribution is -2.30. The van der Waals surface area contributed by atoms with E-state index in [0.717, 1.165) is 47.1 Å². The molecule has 4 nitrogen and oxygen atoms in total. The number of benzene rings is 2. The maximum Gasteiger partial charge on any atom is 0.138 e. The van der Waals surface area contributed by atoms with Crippen LogP contribution in [0.15, 0.2) is 48.5 Å². The highest BCUT2D eigenvalue weighted by molar-refractivity contribution is 5.79. The average molecular weight is 349 g/mol. The normalized spacial score (nSPS) is 16.2. The van der Waals surface area contributed by atoms with Crippen molar-refractivity contribution < 1.29 is 4.74 Å². The largest absolute Gasteiger partial charge is 0.494 e. The van der Waals surface area contributed by atoms with Crippen LogP contribution in [-0.4, -0.2) is 41.6 Å². The van der Waals surface area contributed by atoms with E-state index >= 15 is 0 Å². The molecule has 136 valence electrons. The van der Waals surface area contributed by atoms with Gasteiger partial charge in [-0.2, -0.15) is 0 Å². The van der Waals surface area contributed by atoms with Crippen LogP contribution in [0.5, 0.6) is 5.75 Å². The fraction of sp³-hybridized carbons (Fsp3) is 0.409. The van der Waals surface area contributed by atoms with Gasteiger partial charge in [0.2, 0.25) is 0 Å². The monoisotopic (exact) mass is 349 g/mol. The summed E-state index contributed by atoms with van der Waals surface area (Å²) in [4.78, 5) is 10.4. The molecule has 4 rings (SSSR count). The second kappa shape index (κ2) is 7.92. The Bertz CT molecular complexity index is 799. The molecule has 1 aliphatic heterocycles. The van der Waals surface area contributed by atoms with Crippen molar-refractivity contribution >= 4 is 11.0 Å². The molecular formula is C22H27N3O. The number of H-pyrrole nitrogens is 1. The highest BCUT2D eigenvalue weighted by atomic mass is 16.5. The molecule has 0 aliphatic carbocycles. The molecular weight excluding hydrogens is 322 g/mol. The number of nitrogens with one attached hydrogen (secondary N) is 1. The van der Waals surface area contributed by atoms with Gasteiger partial charge in [-0.25, -0.2) is 4.98 Å². The maximum atomic E-state index is 5.93. The summed E-state index contributed by atoms with van der Waals surface area (Å²) in [7, 11) is 2.22. The van der Waals surface area contributed by atoms with Crippen molar-refractivity contribution in [1.29, 1.82) is 0 Å². The van der Waals surface area contributed by atoms with E-state index in [4.69, 9.17) is 4.74 Å². The first-order valence-corrected chi connectivity index (χ1v) is 9.64. The van der Waals surface area contributed by atoms with Gasteiger partial charge in [0, 0.05) is 5.56 Å². The van der Waals surface area contributed by atoms with Gasteiger partial charge in [0.05, 0.1) is 17.6 Å². The first-order valence-electron chi connectivity index (χ1n) is 9.64. The van der Waals surface area contributed by atoms with Gasteiger partial charge in [-0.05, 0) is 88.1 Å². The van der Waals surface area contributed by atoms with Crippen molar-refractivity contribution in [2.45, 2.75) is 25.7 Å². The molecule has 1 fully saturated rings. The first-order chi connectivity index (χ1) is 12.8. The molecule has 2 heterocycles. The van der Waals surface area contributed by atoms with Gasteiger partial charge in [0.1, 0.15) is 11.6 Å². The molecule has 0 spiro atoms. The van der Waals surface area contributed by atoms with Gasteiger partial charge < -0.3 is 14.6 Å². The van der Waals surface area contributed by atoms with E-state index < -0.39 is 0 Å². The van der Waals surface area contributed by atoms with Crippen molar-refractivity contribution in [3.63, 3.8) is 0 Å². The van der Waals surface area contributed by atoms with Crippen LogP contribution in [0.4, 0.5) is 0 Å². The number of likely N-dealkylation sites (tertiary alicyclic amines) is 1. The van der Waals surface area contributed by atoms with E-state index in [1.807, 2.05) is 36.4 Å². The van der Waals surface area contributed by atoms with Crippen LogP contribution in [0, 0.1) is 5.92 Å².